The molecule has 0 atom stereocenters. The van der Waals surface area contributed by atoms with Crippen LogP contribution >= 0.6 is 27.3 Å². The van der Waals surface area contributed by atoms with Crippen molar-refractivity contribution in [3.8, 4) is 0 Å². The highest BCUT2D eigenvalue weighted by atomic mass is 79.9. The first-order valence-corrected chi connectivity index (χ1v) is 8.54. The zero-order valence-corrected chi connectivity index (χ0v) is 12.8. The maximum atomic E-state index is 11.8. The fraction of sp³-hybridized carbons (Fsp3) is 0.600. The third-order valence-electron chi connectivity index (χ3n) is 2.01. The van der Waals surface area contributed by atoms with Crippen LogP contribution in [-0.4, -0.2) is 28.2 Å². The zero-order chi connectivity index (χ0) is 12.7. The summed E-state index contributed by atoms with van der Waals surface area (Å²) in [5.41, 5.74) is 0. The summed E-state index contributed by atoms with van der Waals surface area (Å²) >= 11 is 4.40. The number of hydrogen-bond donors (Lipinski definition) is 1. The van der Waals surface area contributed by atoms with Gasteiger partial charge in [0.1, 0.15) is 4.21 Å². The summed E-state index contributed by atoms with van der Waals surface area (Å²) in [5, 5.41) is 1.73. The molecular formula is C10H16BrNO3S2. The van der Waals surface area contributed by atoms with E-state index in [0.717, 1.165) is 12.8 Å². The van der Waals surface area contributed by atoms with Crippen LogP contribution in [0.4, 0.5) is 0 Å². The van der Waals surface area contributed by atoms with Crippen LogP contribution < -0.4 is 4.72 Å². The van der Waals surface area contributed by atoms with E-state index in [0.29, 0.717) is 28.4 Å². The minimum atomic E-state index is -3.40. The van der Waals surface area contributed by atoms with Crippen LogP contribution in [0.5, 0.6) is 0 Å². The van der Waals surface area contributed by atoms with Crippen molar-refractivity contribution in [3.63, 3.8) is 0 Å². The number of rotatable bonds is 8. The van der Waals surface area contributed by atoms with Crippen molar-refractivity contribution in [1.29, 1.82) is 0 Å². The number of sulfonamides is 1. The number of unbranched alkanes of at least 4 members (excludes halogenated alkanes) is 1. The van der Waals surface area contributed by atoms with E-state index in [2.05, 4.69) is 27.6 Å². The molecule has 0 aromatic carbocycles. The minimum absolute atomic E-state index is 0.302. The summed E-state index contributed by atoms with van der Waals surface area (Å²) in [6.45, 7) is 3.47. The highest BCUT2D eigenvalue weighted by Crippen LogP contribution is 2.27. The molecule has 1 aromatic rings. The van der Waals surface area contributed by atoms with E-state index in [1.165, 1.54) is 11.3 Å². The van der Waals surface area contributed by atoms with Crippen LogP contribution in [0.15, 0.2) is 20.1 Å². The smallest absolute Gasteiger partial charge is 0.251 e. The normalized spacial score (nSPS) is 11.9. The maximum Gasteiger partial charge on any atom is 0.251 e. The standard InChI is InChI=1S/C10H16BrNO3S2/c1-2-3-6-15-7-5-12-17(13,14)10-9(11)4-8-16-10/h4,8,12H,2-3,5-7H2,1H3. The molecule has 0 aliphatic rings. The van der Waals surface area contributed by atoms with E-state index in [-0.39, 0.29) is 0 Å². The van der Waals surface area contributed by atoms with Crippen LogP contribution in [0.25, 0.3) is 0 Å². The molecule has 0 aliphatic heterocycles. The van der Waals surface area contributed by atoms with Gasteiger partial charge in [-0.05, 0) is 33.8 Å². The lowest BCUT2D eigenvalue weighted by atomic mass is 10.4. The summed E-state index contributed by atoms with van der Waals surface area (Å²) in [5.74, 6) is 0. The first kappa shape index (κ1) is 15.1. The largest absolute Gasteiger partial charge is 0.380 e. The van der Waals surface area contributed by atoms with Gasteiger partial charge in [0.2, 0.25) is 0 Å². The van der Waals surface area contributed by atoms with E-state index < -0.39 is 10.0 Å². The van der Waals surface area contributed by atoms with Crippen molar-refractivity contribution in [2.45, 2.75) is 24.0 Å². The lowest BCUT2D eigenvalue weighted by Gasteiger charge is -2.06. The van der Waals surface area contributed by atoms with Crippen LogP contribution in [0.3, 0.4) is 0 Å². The predicted octanol–water partition coefficient (Wildman–Crippen LogP) is 2.61. The summed E-state index contributed by atoms with van der Waals surface area (Å²) in [6.07, 6.45) is 2.08. The van der Waals surface area contributed by atoms with E-state index in [1.807, 2.05) is 0 Å². The second kappa shape index (κ2) is 7.48. The molecular weight excluding hydrogens is 326 g/mol. The van der Waals surface area contributed by atoms with Gasteiger partial charge >= 0.3 is 0 Å². The first-order chi connectivity index (χ1) is 8.08. The Morgan fingerprint density at radius 3 is 2.82 bits per heavy atom. The molecule has 4 nitrogen and oxygen atoms in total. The maximum absolute atomic E-state index is 11.8. The third-order valence-corrected chi connectivity index (χ3v) is 6.14. The monoisotopic (exact) mass is 341 g/mol. The number of thiophene rings is 1. The average molecular weight is 342 g/mol. The van der Waals surface area contributed by atoms with Crippen molar-refractivity contribution in [2.75, 3.05) is 19.8 Å². The second-order valence-corrected chi connectivity index (χ2v) is 7.15. The summed E-state index contributed by atoms with van der Waals surface area (Å²) in [6, 6.07) is 1.72. The fourth-order valence-electron chi connectivity index (χ4n) is 1.13. The average Bonchev–Trinajstić information content (AvgIpc) is 2.70. The molecule has 0 saturated heterocycles. The molecule has 17 heavy (non-hydrogen) atoms. The molecule has 0 unspecified atom stereocenters. The Morgan fingerprint density at radius 2 is 2.24 bits per heavy atom. The van der Waals surface area contributed by atoms with Gasteiger partial charge in [0.05, 0.1) is 6.61 Å². The van der Waals surface area contributed by atoms with Gasteiger partial charge in [0, 0.05) is 17.6 Å². The van der Waals surface area contributed by atoms with Gasteiger partial charge < -0.3 is 4.74 Å². The van der Waals surface area contributed by atoms with Crippen molar-refractivity contribution in [3.05, 3.63) is 15.9 Å². The Labute approximate surface area is 115 Å². The van der Waals surface area contributed by atoms with Gasteiger partial charge in [-0.15, -0.1) is 11.3 Å². The molecule has 0 spiro atoms. The Morgan fingerprint density at radius 1 is 1.47 bits per heavy atom. The zero-order valence-electron chi connectivity index (χ0n) is 9.61. The molecule has 1 N–H and O–H groups in total. The third kappa shape index (κ3) is 5.05. The van der Waals surface area contributed by atoms with E-state index >= 15 is 0 Å². The molecule has 1 heterocycles. The minimum Gasteiger partial charge on any atom is -0.380 e. The predicted molar refractivity (Wildman–Crippen MR) is 72.9 cm³/mol. The van der Waals surface area contributed by atoms with E-state index in [4.69, 9.17) is 4.74 Å². The Hall–Kier alpha value is 0.0500. The van der Waals surface area contributed by atoms with Gasteiger partial charge in [-0.25, -0.2) is 13.1 Å². The molecule has 0 aliphatic carbocycles. The van der Waals surface area contributed by atoms with Gasteiger partial charge in [0.25, 0.3) is 10.0 Å². The van der Waals surface area contributed by atoms with E-state index in [1.54, 1.807) is 11.4 Å². The van der Waals surface area contributed by atoms with Gasteiger partial charge in [-0.1, -0.05) is 13.3 Å². The van der Waals surface area contributed by atoms with Crippen molar-refractivity contribution >= 4 is 37.3 Å². The number of ether oxygens (including phenoxy) is 1. The Balaban J connectivity index is 2.34. The highest BCUT2D eigenvalue weighted by Gasteiger charge is 2.18. The number of hydrogen-bond acceptors (Lipinski definition) is 4. The van der Waals surface area contributed by atoms with Crippen LogP contribution in [0.2, 0.25) is 0 Å². The number of halogens is 1. The van der Waals surface area contributed by atoms with E-state index in [9.17, 15) is 8.42 Å². The van der Waals surface area contributed by atoms with Crippen molar-refractivity contribution < 1.29 is 13.2 Å². The molecule has 1 rings (SSSR count). The van der Waals surface area contributed by atoms with Gasteiger partial charge in [-0.2, -0.15) is 0 Å². The Kier molecular flexibility index (Phi) is 6.65. The first-order valence-electron chi connectivity index (χ1n) is 5.38. The summed E-state index contributed by atoms with van der Waals surface area (Å²) in [4.78, 5) is 0. The van der Waals surface area contributed by atoms with Gasteiger partial charge in [0.15, 0.2) is 0 Å². The molecule has 1 aromatic heterocycles. The fourth-order valence-corrected chi connectivity index (χ4v) is 4.53. The van der Waals surface area contributed by atoms with Gasteiger partial charge in [-0.3, -0.25) is 0 Å². The molecule has 7 heteroatoms. The topological polar surface area (TPSA) is 55.4 Å². The van der Waals surface area contributed by atoms with Crippen molar-refractivity contribution in [2.24, 2.45) is 0 Å². The summed E-state index contributed by atoms with van der Waals surface area (Å²) in [7, 11) is -3.40. The van der Waals surface area contributed by atoms with Crippen LogP contribution in [0, 0.1) is 0 Å². The van der Waals surface area contributed by atoms with Crippen LogP contribution in [-0.2, 0) is 14.8 Å². The molecule has 0 bridgehead atoms. The SMILES string of the molecule is CCCCOCCNS(=O)(=O)c1sccc1Br. The van der Waals surface area contributed by atoms with Crippen LogP contribution in [0.1, 0.15) is 19.8 Å². The molecule has 0 fully saturated rings. The molecule has 98 valence electrons. The lowest BCUT2D eigenvalue weighted by molar-refractivity contribution is 0.136. The quantitative estimate of drug-likeness (QED) is 0.739. The second-order valence-electron chi connectivity index (χ2n) is 3.42. The molecule has 0 radical (unpaired) electrons. The molecule has 0 amide bonds. The lowest BCUT2D eigenvalue weighted by Crippen LogP contribution is -2.27. The van der Waals surface area contributed by atoms with Crippen molar-refractivity contribution in [1.82, 2.24) is 4.72 Å². The highest BCUT2D eigenvalue weighted by molar-refractivity contribution is 9.10. The number of nitrogens with one attached hydrogen (secondary N) is 1. The molecule has 0 saturated carbocycles. The Bertz CT molecular complexity index is 431. The summed E-state index contributed by atoms with van der Waals surface area (Å²) < 4.78 is 32.3.